The van der Waals surface area contributed by atoms with Crippen molar-refractivity contribution in [2.24, 2.45) is 23.2 Å². The Bertz CT molecular complexity index is 1390. The summed E-state index contributed by atoms with van der Waals surface area (Å²) in [5, 5.41) is 13.9. The summed E-state index contributed by atoms with van der Waals surface area (Å²) in [5.41, 5.74) is -1.02. The summed E-state index contributed by atoms with van der Waals surface area (Å²) in [5.74, 6) is -3.12. The normalized spacial score (nSPS) is 19.5. The van der Waals surface area contributed by atoms with Gasteiger partial charge in [0.05, 0.1) is 18.1 Å². The SMILES string of the molecule is CC(C)C1CCN(C(=O)[C@@H](NC(=O)NC(C)(C)C)C(C)(C)C)[C@@H]1C(=O)NC(CC1CCC1)C(=O)C(=O)NCC(=O)NC(C)(C)c1ccccc1. The van der Waals surface area contributed by atoms with Crippen molar-refractivity contribution in [3.63, 3.8) is 0 Å². The van der Waals surface area contributed by atoms with Gasteiger partial charge in [0.1, 0.15) is 12.1 Å². The second-order valence-corrected chi connectivity index (χ2v) is 17.0. The van der Waals surface area contributed by atoms with E-state index in [2.05, 4.69) is 26.6 Å². The van der Waals surface area contributed by atoms with Crippen LogP contribution in [0.15, 0.2) is 30.3 Å². The fourth-order valence-electron chi connectivity index (χ4n) is 6.70. The summed E-state index contributed by atoms with van der Waals surface area (Å²) in [4.78, 5) is 82.4. The molecule has 12 nitrogen and oxygen atoms in total. The van der Waals surface area contributed by atoms with Crippen LogP contribution in [0, 0.1) is 23.2 Å². The first-order chi connectivity index (χ1) is 23.1. The van der Waals surface area contributed by atoms with E-state index in [4.69, 9.17) is 0 Å². The molecule has 1 aliphatic carbocycles. The van der Waals surface area contributed by atoms with Crippen molar-refractivity contribution < 1.29 is 28.8 Å². The lowest BCUT2D eigenvalue weighted by atomic mass is 9.80. The zero-order valence-electron chi connectivity index (χ0n) is 31.7. The highest BCUT2D eigenvalue weighted by atomic mass is 16.2. The maximum atomic E-state index is 14.2. The largest absolute Gasteiger partial charge is 0.346 e. The van der Waals surface area contributed by atoms with Crippen LogP contribution >= 0.6 is 0 Å². The number of carbonyl (C=O) groups excluding carboxylic acids is 6. The van der Waals surface area contributed by atoms with Gasteiger partial charge < -0.3 is 31.5 Å². The van der Waals surface area contributed by atoms with Gasteiger partial charge in [0, 0.05) is 12.1 Å². The molecule has 1 saturated heterocycles. The number of amides is 6. The van der Waals surface area contributed by atoms with Crippen molar-refractivity contribution in [2.75, 3.05) is 13.1 Å². The predicted molar refractivity (Wildman–Crippen MR) is 193 cm³/mol. The van der Waals surface area contributed by atoms with Gasteiger partial charge in [-0.1, -0.05) is 84.2 Å². The lowest BCUT2D eigenvalue weighted by Crippen LogP contribution is -2.62. The van der Waals surface area contributed by atoms with Gasteiger partial charge in [-0.15, -0.1) is 0 Å². The molecule has 1 aliphatic heterocycles. The molecule has 1 aromatic carbocycles. The Labute approximate surface area is 298 Å². The van der Waals surface area contributed by atoms with Crippen molar-refractivity contribution in [3.8, 4) is 0 Å². The second kappa shape index (κ2) is 16.4. The summed E-state index contributed by atoms with van der Waals surface area (Å²) in [6.07, 6.45) is 3.64. The highest BCUT2D eigenvalue weighted by Crippen LogP contribution is 2.34. The molecule has 50 heavy (non-hydrogen) atoms. The average molecular weight is 697 g/mol. The smallest absolute Gasteiger partial charge is 0.315 e. The molecule has 0 radical (unpaired) electrons. The Hall–Kier alpha value is -3.96. The topological polar surface area (TPSA) is 166 Å². The van der Waals surface area contributed by atoms with Crippen molar-refractivity contribution in [2.45, 2.75) is 131 Å². The van der Waals surface area contributed by atoms with E-state index in [9.17, 15) is 28.8 Å². The molecule has 6 amide bonds. The molecule has 0 aromatic heterocycles. The number of likely N-dealkylation sites (tertiary alicyclic amines) is 1. The Morgan fingerprint density at radius 3 is 1.98 bits per heavy atom. The van der Waals surface area contributed by atoms with Crippen LogP contribution in [0.1, 0.15) is 107 Å². The summed E-state index contributed by atoms with van der Waals surface area (Å²) in [7, 11) is 0. The fraction of sp³-hybridized carbons (Fsp3) is 0.684. The van der Waals surface area contributed by atoms with Crippen LogP contribution < -0.4 is 26.6 Å². The van der Waals surface area contributed by atoms with Crippen LogP contribution in [0.3, 0.4) is 0 Å². The van der Waals surface area contributed by atoms with Gasteiger partial charge in [0.15, 0.2) is 0 Å². The number of rotatable bonds is 13. The molecule has 278 valence electrons. The molecule has 4 atom stereocenters. The van der Waals surface area contributed by atoms with Crippen molar-refractivity contribution in [3.05, 3.63) is 35.9 Å². The number of hydrogen-bond donors (Lipinski definition) is 5. The lowest BCUT2D eigenvalue weighted by molar-refractivity contribution is -0.145. The Kier molecular flexibility index (Phi) is 13.3. The maximum Gasteiger partial charge on any atom is 0.315 e. The van der Waals surface area contributed by atoms with E-state index in [1.807, 2.05) is 99.6 Å². The fourth-order valence-corrected chi connectivity index (χ4v) is 6.70. The quantitative estimate of drug-likeness (QED) is 0.197. The zero-order valence-corrected chi connectivity index (χ0v) is 31.7. The van der Waals surface area contributed by atoms with Gasteiger partial charge in [0.2, 0.25) is 23.5 Å². The van der Waals surface area contributed by atoms with E-state index < -0.39 is 70.7 Å². The number of ketones is 1. The minimum absolute atomic E-state index is 0.0384. The molecule has 5 N–H and O–H groups in total. The Morgan fingerprint density at radius 2 is 1.46 bits per heavy atom. The van der Waals surface area contributed by atoms with E-state index in [0.29, 0.717) is 13.0 Å². The first-order valence-corrected chi connectivity index (χ1v) is 18.0. The molecule has 0 spiro atoms. The summed E-state index contributed by atoms with van der Waals surface area (Å²) < 4.78 is 0. The third-order valence-corrected chi connectivity index (χ3v) is 9.74. The number of nitrogens with zero attached hydrogens (tertiary/aromatic N) is 1. The summed E-state index contributed by atoms with van der Waals surface area (Å²) in [6, 6.07) is 5.98. The first-order valence-electron chi connectivity index (χ1n) is 18.0. The van der Waals surface area contributed by atoms with E-state index in [1.54, 1.807) is 0 Å². The number of benzene rings is 1. The minimum atomic E-state index is -1.11. The van der Waals surface area contributed by atoms with Gasteiger partial charge in [-0.2, -0.15) is 0 Å². The number of carbonyl (C=O) groups is 6. The lowest BCUT2D eigenvalue weighted by Gasteiger charge is -2.37. The summed E-state index contributed by atoms with van der Waals surface area (Å²) >= 11 is 0. The average Bonchev–Trinajstić information content (AvgIpc) is 3.44. The highest BCUT2D eigenvalue weighted by Gasteiger charge is 2.48. The molecule has 0 bridgehead atoms. The van der Waals surface area contributed by atoms with Gasteiger partial charge in [-0.3, -0.25) is 24.0 Å². The molecular weight excluding hydrogens is 636 g/mol. The number of urea groups is 1. The number of Topliss-reactive ketones (excluding diaryl/α,β-unsaturated/α-hetero) is 1. The molecule has 12 heteroatoms. The highest BCUT2D eigenvalue weighted by molar-refractivity contribution is 6.38. The van der Waals surface area contributed by atoms with Crippen LogP contribution in [0.5, 0.6) is 0 Å². The van der Waals surface area contributed by atoms with Gasteiger partial charge in [0.25, 0.3) is 5.91 Å². The van der Waals surface area contributed by atoms with Crippen LogP contribution in [0.4, 0.5) is 4.79 Å². The van der Waals surface area contributed by atoms with Gasteiger partial charge in [-0.05, 0) is 76.2 Å². The third-order valence-electron chi connectivity index (χ3n) is 9.74. The van der Waals surface area contributed by atoms with E-state index in [-0.39, 0.29) is 30.1 Å². The van der Waals surface area contributed by atoms with Crippen molar-refractivity contribution in [1.82, 2.24) is 31.5 Å². The number of hydrogen-bond acceptors (Lipinski definition) is 6. The molecule has 1 saturated carbocycles. The molecule has 2 fully saturated rings. The molecule has 1 aromatic rings. The van der Waals surface area contributed by atoms with E-state index >= 15 is 0 Å². The third kappa shape index (κ3) is 11.0. The molecule has 2 unspecified atom stereocenters. The van der Waals surface area contributed by atoms with Gasteiger partial charge in [-0.25, -0.2) is 4.79 Å². The molecule has 3 rings (SSSR count). The van der Waals surface area contributed by atoms with Gasteiger partial charge >= 0.3 is 6.03 Å². The molecule has 1 heterocycles. The van der Waals surface area contributed by atoms with Crippen molar-refractivity contribution >= 4 is 35.4 Å². The summed E-state index contributed by atoms with van der Waals surface area (Å²) in [6.45, 7) is 18.7. The van der Waals surface area contributed by atoms with Crippen molar-refractivity contribution in [1.29, 1.82) is 0 Å². The first kappa shape index (κ1) is 40.5. The van der Waals surface area contributed by atoms with Crippen LogP contribution in [-0.4, -0.2) is 77.1 Å². The molecule has 2 aliphatic rings. The second-order valence-electron chi connectivity index (χ2n) is 17.0. The van der Waals surface area contributed by atoms with E-state index in [1.165, 1.54) is 4.90 Å². The minimum Gasteiger partial charge on any atom is -0.346 e. The maximum absolute atomic E-state index is 14.2. The van der Waals surface area contributed by atoms with Crippen LogP contribution in [0.2, 0.25) is 0 Å². The van der Waals surface area contributed by atoms with Crippen LogP contribution in [-0.2, 0) is 29.5 Å². The Morgan fingerprint density at radius 1 is 0.840 bits per heavy atom. The monoisotopic (exact) mass is 696 g/mol. The predicted octanol–water partition coefficient (Wildman–Crippen LogP) is 3.78. The number of nitrogens with one attached hydrogen (secondary N) is 5. The standard InChI is InChI=1S/C38H60N6O6/c1-23(2)26-19-20-44(34(49)31(36(3,4)5)41-35(50)43-37(6,7)8)29(26)32(47)40-27(21-24-15-14-16-24)30(46)33(48)39-22-28(45)42-38(9,10)25-17-12-11-13-18-25/h11-13,17-18,23-24,26-27,29,31H,14-16,19-22H2,1-10H3,(H,39,48)(H,40,47)(H,42,45)(H2,41,43,50)/t26?,27?,29-,31+/m0/s1. The Balaban J connectivity index is 1.77. The van der Waals surface area contributed by atoms with Crippen LogP contribution in [0.25, 0.3) is 0 Å². The zero-order chi connectivity index (χ0) is 37.6. The van der Waals surface area contributed by atoms with E-state index in [0.717, 1.165) is 24.8 Å². The molecular formula is C38H60N6O6.